The van der Waals surface area contributed by atoms with Crippen molar-refractivity contribution in [2.75, 3.05) is 5.73 Å². The lowest BCUT2D eigenvalue weighted by Gasteiger charge is -1.95. The fourth-order valence-corrected chi connectivity index (χ4v) is 1.25. The molecule has 0 unspecified atom stereocenters. The van der Waals surface area contributed by atoms with E-state index in [0.29, 0.717) is 0 Å². The van der Waals surface area contributed by atoms with Crippen LogP contribution in [0.1, 0.15) is 12.6 Å². The number of oxime groups is 1. The minimum Gasteiger partial charge on any atom is -0.476 e. The molecule has 0 spiro atoms. The Labute approximate surface area is 93.7 Å². The Balaban J connectivity index is 0.00000225. The van der Waals surface area contributed by atoms with Crippen molar-refractivity contribution in [3.05, 3.63) is 11.1 Å². The monoisotopic (exact) mass is 247 g/mol. The van der Waals surface area contributed by atoms with Crippen molar-refractivity contribution < 1.29 is 25.0 Å². The highest BCUT2D eigenvalue weighted by molar-refractivity contribution is 7.13. The number of anilines is 1. The van der Waals surface area contributed by atoms with Gasteiger partial charge in [-0.25, -0.2) is 14.6 Å². The molecule has 1 aromatic rings. The van der Waals surface area contributed by atoms with Crippen LogP contribution in [0.2, 0.25) is 0 Å². The molecule has 0 atom stereocenters. The number of aromatic nitrogens is 1. The second-order valence-corrected chi connectivity index (χ2v) is 3.29. The molecule has 0 fully saturated rings. The van der Waals surface area contributed by atoms with E-state index in [9.17, 15) is 9.59 Å². The molecule has 1 aromatic heterocycles. The van der Waals surface area contributed by atoms with E-state index in [0.717, 1.165) is 18.3 Å². The van der Waals surface area contributed by atoms with Gasteiger partial charge >= 0.3 is 11.9 Å². The van der Waals surface area contributed by atoms with E-state index in [2.05, 4.69) is 15.0 Å². The number of hydrogen-bond acceptors (Lipinski definition) is 7. The number of aliphatic carboxylic acids is 1. The van der Waals surface area contributed by atoms with Crippen LogP contribution in [-0.2, 0) is 14.4 Å². The van der Waals surface area contributed by atoms with Crippen molar-refractivity contribution in [3.8, 4) is 0 Å². The summed E-state index contributed by atoms with van der Waals surface area (Å²) in [5.74, 6) is -2.06. The summed E-state index contributed by atoms with van der Waals surface area (Å²) >= 11 is 1.07. The number of rotatable bonds is 3. The third kappa shape index (κ3) is 3.63. The van der Waals surface area contributed by atoms with Crippen LogP contribution >= 0.6 is 11.3 Å². The molecule has 9 heteroatoms. The first-order valence-corrected chi connectivity index (χ1v) is 4.59. The Morgan fingerprint density at radius 3 is 2.62 bits per heavy atom. The number of carbonyl (C=O) groups excluding carboxylic acids is 1. The van der Waals surface area contributed by atoms with Crippen LogP contribution in [0, 0.1) is 0 Å². The number of nitrogen functional groups attached to an aromatic ring is 1. The molecule has 1 heterocycles. The first-order valence-electron chi connectivity index (χ1n) is 3.71. The number of thiazole rings is 1. The van der Waals surface area contributed by atoms with Gasteiger partial charge in [0.05, 0.1) is 0 Å². The molecule has 0 amide bonds. The van der Waals surface area contributed by atoms with E-state index >= 15 is 0 Å². The SMILES string of the molecule is CC(=O)ON=C(C(=O)O)c1csc(N)n1.O. The summed E-state index contributed by atoms with van der Waals surface area (Å²) in [6, 6.07) is 0. The summed E-state index contributed by atoms with van der Waals surface area (Å²) < 4.78 is 0. The van der Waals surface area contributed by atoms with Crippen molar-refractivity contribution in [3.63, 3.8) is 0 Å². The van der Waals surface area contributed by atoms with Gasteiger partial charge in [-0.2, -0.15) is 0 Å². The summed E-state index contributed by atoms with van der Waals surface area (Å²) in [6.45, 7) is 1.11. The predicted octanol–water partition coefficient (Wildman–Crippen LogP) is -0.748. The second-order valence-electron chi connectivity index (χ2n) is 2.40. The molecule has 5 N–H and O–H groups in total. The average molecular weight is 247 g/mol. The van der Waals surface area contributed by atoms with Gasteiger partial charge in [0.25, 0.3) is 0 Å². The van der Waals surface area contributed by atoms with E-state index in [1.165, 1.54) is 5.38 Å². The first kappa shape index (κ1) is 14.0. The van der Waals surface area contributed by atoms with Gasteiger partial charge in [0.2, 0.25) is 5.71 Å². The van der Waals surface area contributed by atoms with Gasteiger partial charge in [-0.15, -0.1) is 11.3 Å². The molecule has 1 rings (SSSR count). The molecule has 0 radical (unpaired) electrons. The minimum atomic E-state index is -1.35. The molecule has 0 aliphatic rings. The normalized spacial score (nSPS) is 10.4. The zero-order valence-electron chi connectivity index (χ0n) is 8.13. The lowest BCUT2D eigenvalue weighted by atomic mass is 10.3. The van der Waals surface area contributed by atoms with Crippen molar-refractivity contribution >= 4 is 34.1 Å². The highest BCUT2D eigenvalue weighted by atomic mass is 32.1. The number of carboxylic acid groups (broad SMARTS) is 1. The maximum absolute atomic E-state index is 10.7. The zero-order chi connectivity index (χ0) is 11.4. The van der Waals surface area contributed by atoms with Crippen molar-refractivity contribution in [2.45, 2.75) is 6.92 Å². The van der Waals surface area contributed by atoms with Gasteiger partial charge in [0.15, 0.2) is 5.13 Å². The van der Waals surface area contributed by atoms with Crippen molar-refractivity contribution in [1.82, 2.24) is 4.98 Å². The van der Waals surface area contributed by atoms with Crippen molar-refractivity contribution in [2.24, 2.45) is 5.16 Å². The number of carbonyl (C=O) groups is 2. The van der Waals surface area contributed by atoms with Crippen LogP contribution in [0.15, 0.2) is 10.5 Å². The predicted molar refractivity (Wildman–Crippen MR) is 56.1 cm³/mol. The van der Waals surface area contributed by atoms with Gasteiger partial charge in [0.1, 0.15) is 5.69 Å². The van der Waals surface area contributed by atoms with Gasteiger partial charge in [-0.3, -0.25) is 0 Å². The highest BCUT2D eigenvalue weighted by Crippen LogP contribution is 2.12. The van der Waals surface area contributed by atoms with Gasteiger partial charge < -0.3 is 21.2 Å². The Hall–Kier alpha value is -2.00. The van der Waals surface area contributed by atoms with E-state index in [1.807, 2.05) is 0 Å². The molecule has 0 saturated carbocycles. The Bertz CT molecular complexity index is 427. The topological polar surface area (TPSA) is 146 Å². The number of carboxylic acids is 1. The molecular formula is C7H9N3O5S. The molecule has 0 bridgehead atoms. The zero-order valence-corrected chi connectivity index (χ0v) is 8.95. The van der Waals surface area contributed by atoms with E-state index < -0.39 is 17.7 Å². The summed E-state index contributed by atoms with van der Waals surface area (Å²) in [5, 5.41) is 13.5. The lowest BCUT2D eigenvalue weighted by molar-refractivity contribution is -0.141. The van der Waals surface area contributed by atoms with Gasteiger partial charge in [0, 0.05) is 12.3 Å². The van der Waals surface area contributed by atoms with Crippen LogP contribution in [-0.4, -0.2) is 33.2 Å². The van der Waals surface area contributed by atoms with Crippen LogP contribution in [0.25, 0.3) is 0 Å². The quantitative estimate of drug-likeness (QED) is 0.408. The third-order valence-electron chi connectivity index (χ3n) is 1.23. The molecule has 0 aliphatic carbocycles. The Morgan fingerprint density at radius 1 is 1.62 bits per heavy atom. The van der Waals surface area contributed by atoms with E-state index in [-0.39, 0.29) is 16.3 Å². The Kier molecular flexibility index (Phi) is 5.06. The van der Waals surface area contributed by atoms with Crippen LogP contribution in [0.5, 0.6) is 0 Å². The summed E-state index contributed by atoms with van der Waals surface area (Å²) in [6.07, 6.45) is 0. The van der Waals surface area contributed by atoms with Gasteiger partial charge in [-0.05, 0) is 0 Å². The van der Waals surface area contributed by atoms with Crippen molar-refractivity contribution in [1.29, 1.82) is 0 Å². The summed E-state index contributed by atoms with van der Waals surface area (Å²) in [5.41, 5.74) is 4.93. The van der Waals surface area contributed by atoms with Crippen LogP contribution in [0.3, 0.4) is 0 Å². The minimum absolute atomic E-state index is 0. The van der Waals surface area contributed by atoms with Gasteiger partial charge in [-0.1, -0.05) is 5.16 Å². The maximum Gasteiger partial charge on any atom is 0.360 e. The molecule has 88 valence electrons. The number of nitrogens with zero attached hydrogens (tertiary/aromatic N) is 2. The molecule has 0 aliphatic heterocycles. The van der Waals surface area contributed by atoms with Crippen LogP contribution < -0.4 is 5.73 Å². The van der Waals surface area contributed by atoms with E-state index in [1.54, 1.807) is 0 Å². The molecule has 0 aromatic carbocycles. The number of nitrogens with two attached hydrogens (primary N) is 1. The number of hydrogen-bond donors (Lipinski definition) is 2. The first-order chi connectivity index (χ1) is 7.00. The fraction of sp³-hybridized carbons (Fsp3) is 0.143. The summed E-state index contributed by atoms with van der Waals surface area (Å²) in [4.78, 5) is 29.1. The lowest BCUT2D eigenvalue weighted by Crippen LogP contribution is -2.16. The maximum atomic E-state index is 10.7. The Morgan fingerprint density at radius 2 is 2.25 bits per heavy atom. The summed E-state index contributed by atoms with van der Waals surface area (Å²) in [7, 11) is 0. The third-order valence-corrected chi connectivity index (χ3v) is 1.91. The molecule has 8 nitrogen and oxygen atoms in total. The van der Waals surface area contributed by atoms with E-state index in [4.69, 9.17) is 10.8 Å². The smallest absolute Gasteiger partial charge is 0.360 e. The largest absolute Gasteiger partial charge is 0.476 e. The second kappa shape index (κ2) is 5.78. The molecule has 0 saturated heterocycles. The molecule has 16 heavy (non-hydrogen) atoms. The average Bonchev–Trinajstić information content (AvgIpc) is 2.51. The fourth-order valence-electron chi connectivity index (χ4n) is 0.702. The highest BCUT2D eigenvalue weighted by Gasteiger charge is 2.17. The standard InChI is InChI=1S/C7H7N3O4S.H2O/c1-3(11)14-10-5(6(12)13)4-2-15-7(8)9-4;/h2H,1H3,(H2,8,9)(H,12,13);1H2. The van der Waals surface area contributed by atoms with Crippen LogP contribution in [0.4, 0.5) is 5.13 Å². The molecular weight excluding hydrogens is 238 g/mol.